The van der Waals surface area contributed by atoms with Gasteiger partial charge in [0.1, 0.15) is 0 Å². The summed E-state index contributed by atoms with van der Waals surface area (Å²) in [5.74, 6) is 0.324. The predicted molar refractivity (Wildman–Crippen MR) is 148 cm³/mol. The molecule has 3 N–H and O–H groups in total. The Hall–Kier alpha value is -3.61. The summed E-state index contributed by atoms with van der Waals surface area (Å²) in [4.78, 5) is 28.6. The highest BCUT2D eigenvalue weighted by Gasteiger charge is 2.12. The third-order valence-corrected chi connectivity index (χ3v) is 6.60. The molecule has 0 saturated carbocycles. The summed E-state index contributed by atoms with van der Waals surface area (Å²) in [7, 11) is 0. The molecule has 0 unspecified atom stereocenters. The fourth-order valence-electron chi connectivity index (χ4n) is 4.22. The molecule has 2 aromatic carbocycles. The Bertz CT molecular complexity index is 1390. The number of rotatable bonds is 7. The number of aromatic nitrogens is 3. The number of nitrogens with one attached hydrogen (secondary N) is 3. The highest BCUT2D eigenvalue weighted by Crippen LogP contribution is 2.24. The van der Waals surface area contributed by atoms with Gasteiger partial charge in [-0.25, -0.2) is 9.97 Å². The van der Waals surface area contributed by atoms with Crippen LogP contribution in [0.3, 0.4) is 0 Å². The number of carbonyl (C=O) groups excluding carboxylic acids is 1. The van der Waals surface area contributed by atoms with E-state index in [2.05, 4.69) is 52.1 Å². The van der Waals surface area contributed by atoms with Crippen molar-refractivity contribution < 1.29 is 4.79 Å². The van der Waals surface area contributed by atoms with Gasteiger partial charge >= 0.3 is 0 Å². The van der Waals surface area contributed by atoms with Gasteiger partial charge in [-0.1, -0.05) is 24.3 Å². The van der Waals surface area contributed by atoms with Crippen molar-refractivity contribution in [1.82, 2.24) is 25.2 Å². The minimum atomic E-state index is -0.147. The summed E-state index contributed by atoms with van der Waals surface area (Å²) in [5.41, 5.74) is 6.05. The fraction of sp³-hybridized carbons (Fsp3) is 0.214. The lowest BCUT2D eigenvalue weighted by Crippen LogP contribution is -2.42. The van der Waals surface area contributed by atoms with Gasteiger partial charge in [0, 0.05) is 73.8 Å². The number of pyridine rings is 1. The monoisotopic (exact) mass is 505 g/mol. The molecule has 1 aliphatic rings. The second-order valence-electron chi connectivity index (χ2n) is 9.10. The van der Waals surface area contributed by atoms with E-state index in [1.54, 1.807) is 18.6 Å². The molecule has 184 valence electrons. The van der Waals surface area contributed by atoms with E-state index < -0.39 is 0 Å². The van der Waals surface area contributed by atoms with E-state index in [9.17, 15) is 4.79 Å². The number of piperazine rings is 1. The van der Waals surface area contributed by atoms with Crippen molar-refractivity contribution in [2.24, 2.45) is 0 Å². The van der Waals surface area contributed by atoms with Crippen molar-refractivity contribution in [2.75, 3.05) is 36.8 Å². The molecule has 5 rings (SSSR count). The summed E-state index contributed by atoms with van der Waals surface area (Å²) < 4.78 is 0.985. The molecular weight excluding hydrogens is 477 g/mol. The van der Waals surface area contributed by atoms with Crippen LogP contribution in [0.5, 0.6) is 0 Å². The SMILES string of the molecule is Cc1ccc(NC(=O)c2ccc(CN3CCNCC3)cc2)cc1Nc1nccc(-c2cnc[c]([Al])c2)n1. The molecule has 1 aliphatic heterocycles. The van der Waals surface area contributed by atoms with E-state index in [1.165, 1.54) is 5.56 Å². The van der Waals surface area contributed by atoms with Crippen LogP contribution in [0, 0.1) is 6.92 Å². The number of nitrogens with zero attached hydrogens (tertiary/aromatic N) is 4. The summed E-state index contributed by atoms with van der Waals surface area (Å²) >= 11 is 2.65. The van der Waals surface area contributed by atoms with Crippen molar-refractivity contribution in [2.45, 2.75) is 13.5 Å². The van der Waals surface area contributed by atoms with Gasteiger partial charge in [0.2, 0.25) is 5.95 Å². The van der Waals surface area contributed by atoms with E-state index in [-0.39, 0.29) is 5.91 Å². The fourth-order valence-corrected chi connectivity index (χ4v) is 4.49. The Morgan fingerprint density at radius 2 is 1.86 bits per heavy atom. The molecule has 2 radical (unpaired) electrons. The molecule has 1 saturated heterocycles. The molecule has 0 aliphatic carbocycles. The standard InChI is InChI=1S/C28H28N7O.Al/c1-20-4-9-24(17-26(20)34-28-31-12-10-25(33-28)23-3-2-11-30-18-23)32-27(36)22-7-5-21(6-8-22)19-35-15-13-29-14-16-35;/h3-12,17-18,29H,13-16,19H2,1H3,(H,32,36)(H,31,33,34);. The van der Waals surface area contributed by atoms with Crippen LogP contribution in [0.4, 0.5) is 17.3 Å². The lowest BCUT2D eigenvalue weighted by atomic mass is 10.1. The molecule has 37 heavy (non-hydrogen) atoms. The van der Waals surface area contributed by atoms with Crippen LogP contribution in [0.2, 0.25) is 0 Å². The second kappa shape index (κ2) is 11.6. The smallest absolute Gasteiger partial charge is 0.255 e. The normalized spacial score (nSPS) is 13.8. The van der Waals surface area contributed by atoms with Gasteiger partial charge in [-0.3, -0.25) is 14.7 Å². The van der Waals surface area contributed by atoms with Gasteiger partial charge in [0.05, 0.1) is 5.69 Å². The highest BCUT2D eigenvalue weighted by atomic mass is 27.0. The quantitative estimate of drug-likeness (QED) is 0.333. The maximum Gasteiger partial charge on any atom is 0.255 e. The predicted octanol–water partition coefficient (Wildman–Crippen LogP) is 3.04. The van der Waals surface area contributed by atoms with E-state index in [0.717, 1.165) is 59.7 Å². The Labute approximate surface area is 225 Å². The Morgan fingerprint density at radius 3 is 2.65 bits per heavy atom. The molecule has 0 atom stereocenters. The van der Waals surface area contributed by atoms with Crippen molar-refractivity contribution in [3.05, 3.63) is 89.9 Å². The Morgan fingerprint density at radius 1 is 1.05 bits per heavy atom. The summed E-state index contributed by atoms with van der Waals surface area (Å²) in [6, 6.07) is 17.4. The minimum absolute atomic E-state index is 0.147. The number of anilines is 3. The van der Waals surface area contributed by atoms with Crippen molar-refractivity contribution >= 4 is 43.9 Å². The molecule has 1 fully saturated rings. The van der Waals surface area contributed by atoms with Gasteiger partial charge in [-0.15, -0.1) is 4.43 Å². The van der Waals surface area contributed by atoms with Gasteiger partial charge in [-0.05, 0) is 48.4 Å². The van der Waals surface area contributed by atoms with Gasteiger partial charge in [-0.2, -0.15) is 0 Å². The van der Waals surface area contributed by atoms with Gasteiger partial charge in [0.25, 0.3) is 5.91 Å². The lowest BCUT2D eigenvalue weighted by Gasteiger charge is -2.27. The maximum atomic E-state index is 12.9. The zero-order valence-corrected chi connectivity index (χ0v) is 21.9. The zero-order valence-electron chi connectivity index (χ0n) is 20.7. The third kappa shape index (κ3) is 6.59. The molecule has 0 spiro atoms. The number of amides is 1. The largest absolute Gasteiger partial charge is 0.324 e. The van der Waals surface area contributed by atoms with Crippen LogP contribution in [0.15, 0.2) is 73.2 Å². The maximum absolute atomic E-state index is 12.9. The van der Waals surface area contributed by atoms with Gasteiger partial charge in [0.15, 0.2) is 16.3 Å². The zero-order chi connectivity index (χ0) is 25.6. The van der Waals surface area contributed by atoms with Crippen molar-refractivity contribution in [3.63, 3.8) is 0 Å². The number of carbonyl (C=O) groups is 1. The topological polar surface area (TPSA) is 95.1 Å². The molecule has 9 heteroatoms. The molecule has 3 heterocycles. The number of hydrogen-bond acceptors (Lipinski definition) is 7. The Balaban J connectivity index is 1.26. The third-order valence-electron chi connectivity index (χ3n) is 6.28. The van der Waals surface area contributed by atoms with Crippen LogP contribution in [-0.2, 0) is 6.54 Å². The van der Waals surface area contributed by atoms with Crippen LogP contribution >= 0.6 is 0 Å². The summed E-state index contributed by atoms with van der Waals surface area (Å²) in [5, 5.41) is 9.67. The first-order valence-electron chi connectivity index (χ1n) is 12.3. The Kier molecular flexibility index (Phi) is 7.88. The lowest BCUT2D eigenvalue weighted by molar-refractivity contribution is 0.102. The van der Waals surface area contributed by atoms with E-state index >= 15 is 0 Å². The first-order valence-corrected chi connectivity index (χ1v) is 12.9. The molecule has 4 aromatic rings. The van der Waals surface area contributed by atoms with Gasteiger partial charge < -0.3 is 16.0 Å². The summed E-state index contributed by atoms with van der Waals surface area (Å²) in [6.45, 7) is 7.03. The minimum Gasteiger partial charge on any atom is -0.324 e. The molecule has 8 nitrogen and oxygen atoms in total. The first kappa shape index (κ1) is 25.1. The average Bonchev–Trinajstić information content (AvgIpc) is 2.92. The van der Waals surface area contributed by atoms with Crippen LogP contribution in [-0.4, -0.2) is 68.2 Å². The second-order valence-corrected chi connectivity index (χ2v) is 9.77. The van der Waals surface area contributed by atoms with Crippen LogP contribution < -0.4 is 20.4 Å². The molecule has 1 amide bonds. The molecule has 0 bridgehead atoms. The van der Waals surface area contributed by atoms with Crippen molar-refractivity contribution in [3.8, 4) is 11.3 Å². The van der Waals surface area contributed by atoms with Crippen LogP contribution in [0.1, 0.15) is 21.5 Å². The molecule has 2 aromatic heterocycles. The molecular formula is C28H28AlN7O. The van der Waals surface area contributed by atoms with E-state index in [0.29, 0.717) is 17.2 Å². The number of benzene rings is 2. The number of hydrogen-bond donors (Lipinski definition) is 3. The highest BCUT2D eigenvalue weighted by molar-refractivity contribution is 6.32. The average molecular weight is 506 g/mol. The van der Waals surface area contributed by atoms with Crippen LogP contribution in [0.25, 0.3) is 11.3 Å². The first-order chi connectivity index (χ1) is 18.0. The van der Waals surface area contributed by atoms with E-state index in [4.69, 9.17) is 0 Å². The van der Waals surface area contributed by atoms with E-state index in [1.807, 2.05) is 61.5 Å². The number of aryl methyl sites for hydroxylation is 1. The summed E-state index contributed by atoms with van der Waals surface area (Å²) in [6.07, 6.45) is 5.27. The van der Waals surface area contributed by atoms with Crippen molar-refractivity contribution in [1.29, 1.82) is 0 Å².